The maximum atomic E-state index is 5.69. The fourth-order valence-electron chi connectivity index (χ4n) is 1.68. The Kier molecular flexibility index (Phi) is 5.99. The lowest BCUT2D eigenvalue weighted by molar-refractivity contribution is 0.325. The topological polar surface area (TPSA) is 81.8 Å². The molecule has 0 amide bonds. The summed E-state index contributed by atoms with van der Waals surface area (Å²) in [6, 6.07) is 5.63. The highest BCUT2D eigenvalue weighted by Crippen LogP contribution is 2.27. The van der Waals surface area contributed by atoms with Crippen molar-refractivity contribution in [3.8, 4) is 11.5 Å². The number of nitrogens with one attached hydrogen (secondary N) is 1. The molecule has 23 heavy (non-hydrogen) atoms. The fraction of sp³-hybridized carbons (Fsp3) is 0.250. The van der Waals surface area contributed by atoms with Crippen LogP contribution in [0.4, 0.5) is 10.9 Å². The van der Waals surface area contributed by atoms with Gasteiger partial charge in [0.25, 0.3) is 0 Å². The van der Waals surface area contributed by atoms with E-state index in [0.29, 0.717) is 29.1 Å². The number of anilines is 2. The maximum absolute atomic E-state index is 5.69. The molecule has 0 aliphatic carbocycles. The van der Waals surface area contributed by atoms with E-state index in [2.05, 4.69) is 15.5 Å². The molecule has 2 rings (SSSR count). The van der Waals surface area contributed by atoms with Crippen molar-refractivity contribution < 1.29 is 9.47 Å². The number of hydrogen-bond donors (Lipinski definition) is 2. The molecule has 3 N–H and O–H groups in total. The van der Waals surface area contributed by atoms with Crippen LogP contribution < -0.4 is 20.6 Å². The molecule has 6 nitrogen and oxygen atoms in total. The zero-order valence-electron chi connectivity index (χ0n) is 13.4. The first-order chi connectivity index (χ1) is 11.1. The van der Waals surface area contributed by atoms with Crippen molar-refractivity contribution in [3.05, 3.63) is 40.8 Å². The van der Waals surface area contributed by atoms with Crippen LogP contribution in [-0.4, -0.2) is 24.9 Å². The van der Waals surface area contributed by atoms with E-state index in [1.165, 1.54) is 16.9 Å². The number of ether oxygens (including phenoxy) is 2. The Balaban J connectivity index is 2.01. The fourth-order valence-corrected chi connectivity index (χ4v) is 2.23. The summed E-state index contributed by atoms with van der Waals surface area (Å²) >= 11 is 1.40. The van der Waals surface area contributed by atoms with Crippen LogP contribution in [0.3, 0.4) is 0 Å². The first-order valence-corrected chi connectivity index (χ1v) is 7.90. The number of nitrogens with zero attached hydrogens (tertiary/aromatic N) is 2. The lowest BCUT2D eigenvalue weighted by Crippen LogP contribution is -1.98. The highest BCUT2D eigenvalue weighted by Gasteiger charge is 2.04. The van der Waals surface area contributed by atoms with Gasteiger partial charge >= 0.3 is 0 Å². The zero-order chi connectivity index (χ0) is 16.7. The minimum atomic E-state index is 0.479. The molecule has 7 heteroatoms. The summed E-state index contributed by atoms with van der Waals surface area (Å²) in [4.78, 5) is 4.06. The van der Waals surface area contributed by atoms with Gasteiger partial charge in [0.2, 0.25) is 5.13 Å². The lowest BCUT2D eigenvalue weighted by atomic mass is 10.2. The molecule has 0 fully saturated rings. The highest BCUT2D eigenvalue weighted by atomic mass is 32.1. The van der Waals surface area contributed by atoms with E-state index in [1.807, 2.05) is 38.1 Å². The third-order valence-corrected chi connectivity index (χ3v) is 3.58. The molecule has 1 heterocycles. The monoisotopic (exact) mass is 332 g/mol. The summed E-state index contributed by atoms with van der Waals surface area (Å²) in [5.41, 5.74) is 10.5. The number of benzene rings is 1. The van der Waals surface area contributed by atoms with E-state index in [-0.39, 0.29) is 0 Å². The molecule has 2 aromatic rings. The number of methoxy groups -OCH3 is 1. The molecular weight excluding hydrogens is 312 g/mol. The van der Waals surface area contributed by atoms with E-state index in [4.69, 9.17) is 15.2 Å². The second-order valence-electron chi connectivity index (χ2n) is 4.95. The SMILES string of the molecule is COc1cc(C=NNc2nc(N)cs2)ccc1OCC=C(C)C. The number of nitrogen functional groups attached to an aromatic ring is 1. The van der Waals surface area contributed by atoms with E-state index in [9.17, 15) is 0 Å². The van der Waals surface area contributed by atoms with Gasteiger partial charge in [-0.15, -0.1) is 11.3 Å². The van der Waals surface area contributed by atoms with Crippen LogP contribution in [0.25, 0.3) is 0 Å². The Morgan fingerprint density at radius 1 is 1.39 bits per heavy atom. The number of nitrogens with two attached hydrogens (primary N) is 1. The molecule has 1 aromatic carbocycles. The molecule has 122 valence electrons. The molecule has 0 aliphatic rings. The van der Waals surface area contributed by atoms with Crippen LogP contribution in [0.15, 0.2) is 40.3 Å². The molecule has 0 radical (unpaired) electrons. The smallest absolute Gasteiger partial charge is 0.205 e. The van der Waals surface area contributed by atoms with Gasteiger partial charge in [-0.3, -0.25) is 5.43 Å². The van der Waals surface area contributed by atoms with Crippen LogP contribution in [0.1, 0.15) is 19.4 Å². The second-order valence-corrected chi connectivity index (χ2v) is 5.81. The Morgan fingerprint density at radius 2 is 2.22 bits per heavy atom. The van der Waals surface area contributed by atoms with Crippen LogP contribution in [0.2, 0.25) is 0 Å². The van der Waals surface area contributed by atoms with Crippen LogP contribution in [-0.2, 0) is 0 Å². The van der Waals surface area contributed by atoms with Gasteiger partial charge in [0.15, 0.2) is 11.5 Å². The minimum Gasteiger partial charge on any atom is -0.493 e. The standard InChI is InChI=1S/C16H20N4O2S/c1-11(2)6-7-22-13-5-4-12(8-14(13)21-3)9-18-20-16-19-15(17)10-23-16/h4-6,8-10H,7,17H2,1-3H3,(H,19,20). The van der Waals surface area contributed by atoms with Gasteiger partial charge in [-0.05, 0) is 43.7 Å². The average Bonchev–Trinajstić information content (AvgIpc) is 2.93. The normalized spacial score (nSPS) is 10.6. The molecule has 0 saturated heterocycles. The van der Waals surface area contributed by atoms with Gasteiger partial charge in [0.1, 0.15) is 12.4 Å². The number of hydrazone groups is 1. The summed E-state index contributed by atoms with van der Waals surface area (Å²) in [5, 5.41) is 6.52. The van der Waals surface area contributed by atoms with E-state index in [1.54, 1.807) is 18.7 Å². The molecular formula is C16H20N4O2S. The number of thiazole rings is 1. The zero-order valence-corrected chi connectivity index (χ0v) is 14.2. The molecule has 0 atom stereocenters. The van der Waals surface area contributed by atoms with Crippen molar-refractivity contribution in [3.63, 3.8) is 0 Å². The molecule has 0 bridgehead atoms. The van der Waals surface area contributed by atoms with Crippen molar-refractivity contribution in [2.24, 2.45) is 5.10 Å². The van der Waals surface area contributed by atoms with Crippen LogP contribution in [0.5, 0.6) is 11.5 Å². The second kappa shape index (κ2) is 8.19. The molecule has 0 aliphatic heterocycles. The van der Waals surface area contributed by atoms with Crippen LogP contribution >= 0.6 is 11.3 Å². The first kappa shape index (κ1) is 16.8. The summed E-state index contributed by atoms with van der Waals surface area (Å²) < 4.78 is 11.0. The molecule has 0 saturated carbocycles. The minimum absolute atomic E-state index is 0.479. The Hall–Kier alpha value is -2.54. The van der Waals surface area contributed by atoms with E-state index >= 15 is 0 Å². The maximum Gasteiger partial charge on any atom is 0.205 e. The average molecular weight is 332 g/mol. The summed E-state index contributed by atoms with van der Waals surface area (Å²) in [7, 11) is 1.61. The van der Waals surface area contributed by atoms with Crippen molar-refractivity contribution in [1.29, 1.82) is 0 Å². The lowest BCUT2D eigenvalue weighted by Gasteiger charge is -2.10. The van der Waals surface area contributed by atoms with Gasteiger partial charge in [-0.1, -0.05) is 5.57 Å². The van der Waals surface area contributed by atoms with Crippen molar-refractivity contribution >= 4 is 28.5 Å². The van der Waals surface area contributed by atoms with Gasteiger partial charge < -0.3 is 15.2 Å². The van der Waals surface area contributed by atoms with Crippen molar-refractivity contribution in [1.82, 2.24) is 4.98 Å². The number of aromatic nitrogens is 1. The van der Waals surface area contributed by atoms with Gasteiger partial charge in [-0.2, -0.15) is 5.10 Å². The van der Waals surface area contributed by atoms with Gasteiger partial charge in [-0.25, -0.2) is 4.98 Å². The number of hydrogen-bond acceptors (Lipinski definition) is 7. The first-order valence-electron chi connectivity index (χ1n) is 7.03. The molecule has 0 spiro atoms. The summed E-state index contributed by atoms with van der Waals surface area (Å²) in [6.07, 6.45) is 3.69. The number of rotatable bonds is 7. The summed E-state index contributed by atoms with van der Waals surface area (Å²) in [5.74, 6) is 1.84. The largest absolute Gasteiger partial charge is 0.493 e. The number of allylic oxidation sites excluding steroid dienone is 1. The van der Waals surface area contributed by atoms with E-state index < -0.39 is 0 Å². The molecule has 0 unspecified atom stereocenters. The van der Waals surface area contributed by atoms with Crippen molar-refractivity contribution in [2.45, 2.75) is 13.8 Å². The summed E-state index contributed by atoms with van der Waals surface area (Å²) in [6.45, 7) is 4.58. The Labute approximate surface area is 139 Å². The third kappa shape index (κ3) is 5.30. The highest BCUT2D eigenvalue weighted by molar-refractivity contribution is 7.14. The molecule has 1 aromatic heterocycles. The van der Waals surface area contributed by atoms with Gasteiger partial charge in [0.05, 0.1) is 13.3 Å². The predicted molar refractivity (Wildman–Crippen MR) is 95.7 cm³/mol. The van der Waals surface area contributed by atoms with E-state index in [0.717, 1.165) is 5.56 Å². The third-order valence-electron chi connectivity index (χ3n) is 2.81. The predicted octanol–water partition coefficient (Wildman–Crippen LogP) is 3.52. The quantitative estimate of drug-likeness (QED) is 0.460. The Bertz CT molecular complexity index is 706. The van der Waals surface area contributed by atoms with Gasteiger partial charge in [0, 0.05) is 5.38 Å². The van der Waals surface area contributed by atoms with Crippen molar-refractivity contribution in [2.75, 3.05) is 24.9 Å². The van der Waals surface area contributed by atoms with Crippen LogP contribution in [0, 0.1) is 0 Å². The Morgan fingerprint density at radius 3 is 2.87 bits per heavy atom.